The van der Waals surface area contributed by atoms with Crippen LogP contribution in [-0.4, -0.2) is 71.8 Å². The Hall–Kier alpha value is -2.57. The van der Waals surface area contributed by atoms with Gasteiger partial charge in [-0.2, -0.15) is 0 Å². The van der Waals surface area contributed by atoms with Crippen LogP contribution in [0.5, 0.6) is 0 Å². The molecule has 2 aliphatic heterocycles. The van der Waals surface area contributed by atoms with E-state index in [0.717, 1.165) is 5.56 Å². The van der Waals surface area contributed by atoms with E-state index < -0.39 is 6.04 Å². The van der Waals surface area contributed by atoms with Gasteiger partial charge >= 0.3 is 6.03 Å². The third-order valence-electron chi connectivity index (χ3n) is 4.97. The smallest absolute Gasteiger partial charge is 0.317 e. The summed E-state index contributed by atoms with van der Waals surface area (Å²) in [6.45, 7) is 6.09. The van der Waals surface area contributed by atoms with E-state index in [1.54, 1.807) is 16.8 Å². The van der Waals surface area contributed by atoms with Crippen molar-refractivity contribution in [2.24, 2.45) is 0 Å². The molecule has 1 atom stereocenters. The zero-order valence-electron chi connectivity index (χ0n) is 14.9. The van der Waals surface area contributed by atoms with Gasteiger partial charge in [0, 0.05) is 26.7 Å². The number of urea groups is 1. The van der Waals surface area contributed by atoms with Gasteiger partial charge in [0.2, 0.25) is 11.8 Å². The van der Waals surface area contributed by atoms with Crippen molar-refractivity contribution in [3.05, 3.63) is 34.9 Å². The Morgan fingerprint density at radius 3 is 2.56 bits per heavy atom. The Morgan fingerprint density at radius 1 is 1.20 bits per heavy atom. The second-order valence-electron chi connectivity index (χ2n) is 6.88. The van der Waals surface area contributed by atoms with Gasteiger partial charge in [-0.15, -0.1) is 0 Å². The monoisotopic (exact) mass is 344 g/mol. The van der Waals surface area contributed by atoms with Gasteiger partial charge in [-0.05, 0) is 30.5 Å². The summed E-state index contributed by atoms with van der Waals surface area (Å²) in [5.41, 5.74) is 3.54. The number of nitrogens with zero attached hydrogens (tertiary/aromatic N) is 3. The molecule has 4 amide bonds. The molecule has 1 aromatic rings. The molecule has 0 unspecified atom stereocenters. The fourth-order valence-corrected chi connectivity index (χ4v) is 3.21. The van der Waals surface area contributed by atoms with Gasteiger partial charge in [-0.3, -0.25) is 9.59 Å². The van der Waals surface area contributed by atoms with E-state index in [2.05, 4.69) is 31.3 Å². The molecule has 25 heavy (non-hydrogen) atoms. The first-order valence-electron chi connectivity index (χ1n) is 8.49. The molecule has 1 aromatic carbocycles. The fourth-order valence-electron chi connectivity index (χ4n) is 3.21. The lowest BCUT2D eigenvalue weighted by Crippen LogP contribution is -2.55. The van der Waals surface area contributed by atoms with Crippen LogP contribution in [0.1, 0.15) is 16.7 Å². The highest BCUT2D eigenvalue weighted by atomic mass is 16.2. The molecule has 0 bridgehead atoms. The van der Waals surface area contributed by atoms with Crippen LogP contribution in [0.4, 0.5) is 4.79 Å². The molecule has 2 saturated heterocycles. The predicted molar refractivity (Wildman–Crippen MR) is 92.9 cm³/mol. The first kappa shape index (κ1) is 17.3. The molecule has 2 aliphatic rings. The molecule has 3 rings (SSSR count). The Labute approximate surface area is 147 Å². The standard InChI is InChI=1S/C18H24N4O3/c1-12-4-5-14(8-13(12)2)9-21-6-7-22(11-16(21)23)17(24)15-10-20(3)18(25)19-15/h4-5,8,15H,6-7,9-11H2,1-3H3,(H,19,25)/t15-/m0/s1. The van der Waals surface area contributed by atoms with Gasteiger partial charge < -0.3 is 20.0 Å². The number of hydrogen-bond donors (Lipinski definition) is 1. The van der Waals surface area contributed by atoms with Gasteiger partial charge in [0.15, 0.2) is 0 Å². The molecule has 1 N–H and O–H groups in total. The topological polar surface area (TPSA) is 73.0 Å². The van der Waals surface area contributed by atoms with Crippen molar-refractivity contribution >= 4 is 17.8 Å². The Morgan fingerprint density at radius 2 is 1.96 bits per heavy atom. The maximum absolute atomic E-state index is 12.5. The molecule has 2 fully saturated rings. The van der Waals surface area contributed by atoms with E-state index in [1.807, 2.05) is 6.07 Å². The van der Waals surface area contributed by atoms with Crippen molar-refractivity contribution in [3.8, 4) is 0 Å². The van der Waals surface area contributed by atoms with E-state index in [-0.39, 0.29) is 24.4 Å². The normalized spacial score (nSPS) is 20.9. The number of piperazine rings is 1. The van der Waals surface area contributed by atoms with Gasteiger partial charge in [0.05, 0.1) is 13.1 Å². The number of aryl methyl sites for hydroxylation is 2. The zero-order valence-corrected chi connectivity index (χ0v) is 14.9. The van der Waals surface area contributed by atoms with Gasteiger partial charge in [-0.25, -0.2) is 4.79 Å². The van der Waals surface area contributed by atoms with Crippen LogP contribution in [0, 0.1) is 13.8 Å². The maximum Gasteiger partial charge on any atom is 0.317 e. The third-order valence-corrected chi connectivity index (χ3v) is 4.97. The van der Waals surface area contributed by atoms with Crippen LogP contribution in [0.3, 0.4) is 0 Å². The fraction of sp³-hybridized carbons (Fsp3) is 0.500. The van der Waals surface area contributed by atoms with Crippen molar-refractivity contribution < 1.29 is 14.4 Å². The largest absolute Gasteiger partial charge is 0.335 e. The average Bonchev–Trinajstić information content (AvgIpc) is 2.91. The Bertz CT molecular complexity index is 718. The summed E-state index contributed by atoms with van der Waals surface area (Å²) in [4.78, 5) is 41.3. The highest BCUT2D eigenvalue weighted by Crippen LogP contribution is 2.15. The highest BCUT2D eigenvalue weighted by molar-refractivity contribution is 5.93. The summed E-state index contributed by atoms with van der Waals surface area (Å²) < 4.78 is 0. The minimum Gasteiger partial charge on any atom is -0.335 e. The minimum absolute atomic E-state index is 0.0597. The number of amides is 4. The van der Waals surface area contributed by atoms with E-state index in [1.165, 1.54) is 16.0 Å². The van der Waals surface area contributed by atoms with E-state index in [9.17, 15) is 14.4 Å². The Balaban J connectivity index is 1.59. The molecule has 0 aliphatic carbocycles. The van der Waals surface area contributed by atoms with Gasteiger partial charge in [-0.1, -0.05) is 18.2 Å². The first-order chi connectivity index (χ1) is 11.8. The summed E-state index contributed by atoms with van der Waals surface area (Å²) in [6, 6.07) is 5.39. The molecule has 7 nitrogen and oxygen atoms in total. The number of benzene rings is 1. The van der Waals surface area contributed by atoms with Crippen molar-refractivity contribution in [2.75, 3.05) is 33.2 Å². The van der Waals surface area contributed by atoms with Crippen molar-refractivity contribution in [1.29, 1.82) is 0 Å². The summed E-state index contributed by atoms with van der Waals surface area (Å²) in [7, 11) is 1.65. The van der Waals surface area contributed by atoms with Crippen LogP contribution < -0.4 is 5.32 Å². The quantitative estimate of drug-likeness (QED) is 0.868. The second-order valence-corrected chi connectivity index (χ2v) is 6.88. The second kappa shape index (κ2) is 6.74. The average molecular weight is 344 g/mol. The molecular weight excluding hydrogens is 320 g/mol. The molecular formula is C18H24N4O3. The lowest BCUT2D eigenvalue weighted by Gasteiger charge is -2.35. The van der Waals surface area contributed by atoms with Crippen molar-refractivity contribution in [3.63, 3.8) is 0 Å². The van der Waals surface area contributed by atoms with Crippen LogP contribution >= 0.6 is 0 Å². The van der Waals surface area contributed by atoms with Crippen LogP contribution in [0.15, 0.2) is 18.2 Å². The molecule has 0 aromatic heterocycles. The number of likely N-dealkylation sites (N-methyl/N-ethyl adjacent to an activating group) is 1. The molecule has 2 heterocycles. The molecule has 0 radical (unpaired) electrons. The number of carbonyl (C=O) groups excluding carboxylic acids is 3. The third kappa shape index (κ3) is 3.60. The molecule has 7 heteroatoms. The van der Waals surface area contributed by atoms with Crippen molar-refractivity contribution in [1.82, 2.24) is 20.0 Å². The highest BCUT2D eigenvalue weighted by Gasteiger charge is 2.36. The molecule has 134 valence electrons. The summed E-state index contributed by atoms with van der Waals surface area (Å²) in [6.07, 6.45) is 0. The maximum atomic E-state index is 12.5. The van der Waals surface area contributed by atoms with Gasteiger partial charge in [0.1, 0.15) is 6.04 Å². The number of carbonyl (C=O) groups is 3. The van der Waals surface area contributed by atoms with E-state index in [4.69, 9.17) is 0 Å². The molecule has 0 saturated carbocycles. The van der Waals surface area contributed by atoms with E-state index >= 15 is 0 Å². The van der Waals surface area contributed by atoms with Crippen molar-refractivity contribution in [2.45, 2.75) is 26.4 Å². The molecule has 0 spiro atoms. The van der Waals surface area contributed by atoms with Gasteiger partial charge in [0.25, 0.3) is 0 Å². The van der Waals surface area contributed by atoms with E-state index in [0.29, 0.717) is 26.2 Å². The van der Waals surface area contributed by atoms with Crippen LogP contribution in [0.25, 0.3) is 0 Å². The number of nitrogens with one attached hydrogen (secondary N) is 1. The summed E-state index contributed by atoms with van der Waals surface area (Å²) in [5.74, 6) is -0.243. The first-order valence-corrected chi connectivity index (χ1v) is 8.49. The zero-order chi connectivity index (χ0) is 18.1. The predicted octanol–water partition coefficient (Wildman–Crippen LogP) is 0.498. The lowest BCUT2D eigenvalue weighted by atomic mass is 10.1. The van der Waals surface area contributed by atoms with Crippen LogP contribution in [-0.2, 0) is 16.1 Å². The van der Waals surface area contributed by atoms with Crippen LogP contribution in [0.2, 0.25) is 0 Å². The summed E-state index contributed by atoms with van der Waals surface area (Å²) in [5, 5.41) is 2.65. The number of rotatable bonds is 3. The number of hydrogen-bond acceptors (Lipinski definition) is 3. The lowest BCUT2D eigenvalue weighted by molar-refractivity contribution is -0.146. The summed E-state index contributed by atoms with van der Waals surface area (Å²) >= 11 is 0. The SMILES string of the molecule is Cc1ccc(CN2CCN(C(=O)[C@@H]3CN(C)C(=O)N3)CC2=O)cc1C. The Kier molecular flexibility index (Phi) is 4.65. The minimum atomic E-state index is -0.559.